The lowest BCUT2D eigenvalue weighted by Crippen LogP contribution is -1.99. The molecule has 0 aliphatic rings. The van der Waals surface area contributed by atoms with Gasteiger partial charge in [-0.05, 0) is 18.2 Å². The zero-order valence-electron chi connectivity index (χ0n) is 7.03. The number of carboxylic acid groups (broad SMARTS) is 1. The quantitative estimate of drug-likeness (QED) is 0.712. The number of hydrogen-bond acceptors (Lipinski definition) is 3. The molecule has 4 heteroatoms. The fourth-order valence-electron chi connectivity index (χ4n) is 0.988. The highest BCUT2D eigenvalue weighted by molar-refractivity contribution is 5.89. The minimum absolute atomic E-state index is 0.121. The van der Waals surface area contributed by atoms with Crippen LogP contribution in [0.3, 0.4) is 0 Å². The predicted octanol–water partition coefficient (Wildman–Crippen LogP) is 1.30. The fraction of sp³-hybridized carbons (Fsp3) is 0.111. The summed E-state index contributed by atoms with van der Waals surface area (Å²) in [6.45, 7) is 0. The van der Waals surface area contributed by atoms with E-state index in [-0.39, 0.29) is 5.56 Å². The van der Waals surface area contributed by atoms with Gasteiger partial charge in [0.1, 0.15) is 6.07 Å². The van der Waals surface area contributed by atoms with Gasteiger partial charge >= 0.3 is 5.97 Å². The Morgan fingerprint density at radius 2 is 2.31 bits per heavy atom. The average molecular weight is 176 g/mol. The number of aromatic carboxylic acids is 1. The number of anilines is 1. The summed E-state index contributed by atoms with van der Waals surface area (Å²) in [5.41, 5.74) is 1.09. The van der Waals surface area contributed by atoms with E-state index in [0.29, 0.717) is 11.3 Å². The van der Waals surface area contributed by atoms with E-state index in [1.807, 2.05) is 6.07 Å². The number of rotatable bonds is 2. The average Bonchev–Trinajstić information content (AvgIpc) is 2.16. The number of benzene rings is 1. The van der Waals surface area contributed by atoms with Crippen LogP contribution in [-0.4, -0.2) is 18.1 Å². The molecule has 0 amide bonds. The first-order valence-electron chi connectivity index (χ1n) is 3.64. The van der Waals surface area contributed by atoms with Crippen molar-refractivity contribution in [3.63, 3.8) is 0 Å². The maximum atomic E-state index is 10.5. The third-order valence-corrected chi connectivity index (χ3v) is 1.66. The Hall–Kier alpha value is -2.02. The maximum Gasteiger partial charge on any atom is 0.335 e. The van der Waals surface area contributed by atoms with Crippen molar-refractivity contribution in [2.24, 2.45) is 0 Å². The van der Waals surface area contributed by atoms with Crippen molar-refractivity contribution < 1.29 is 9.90 Å². The molecule has 0 aliphatic heterocycles. The zero-order chi connectivity index (χ0) is 9.84. The highest BCUT2D eigenvalue weighted by atomic mass is 16.4. The van der Waals surface area contributed by atoms with Gasteiger partial charge in [0, 0.05) is 7.05 Å². The predicted molar refractivity (Wildman–Crippen MR) is 47.7 cm³/mol. The molecule has 0 saturated carbocycles. The van der Waals surface area contributed by atoms with Crippen LogP contribution in [0.25, 0.3) is 0 Å². The Morgan fingerprint density at radius 1 is 1.62 bits per heavy atom. The molecule has 1 rings (SSSR count). The van der Waals surface area contributed by atoms with Gasteiger partial charge in [0.25, 0.3) is 0 Å². The van der Waals surface area contributed by atoms with Gasteiger partial charge in [-0.15, -0.1) is 0 Å². The lowest BCUT2D eigenvalue weighted by Gasteiger charge is -2.02. The summed E-state index contributed by atoms with van der Waals surface area (Å²) in [7, 11) is 1.68. The summed E-state index contributed by atoms with van der Waals surface area (Å²) < 4.78 is 0. The van der Waals surface area contributed by atoms with E-state index >= 15 is 0 Å². The van der Waals surface area contributed by atoms with Crippen LogP contribution in [0.5, 0.6) is 0 Å². The second-order valence-corrected chi connectivity index (χ2v) is 2.43. The SMILES string of the molecule is CNc1ccc(C(=O)O)cc1C#N. The van der Waals surface area contributed by atoms with Gasteiger partial charge in [0.2, 0.25) is 0 Å². The molecule has 0 unspecified atom stereocenters. The van der Waals surface area contributed by atoms with Crippen LogP contribution in [-0.2, 0) is 0 Å². The van der Waals surface area contributed by atoms with Crippen LogP contribution in [0.4, 0.5) is 5.69 Å². The van der Waals surface area contributed by atoms with Gasteiger partial charge < -0.3 is 10.4 Å². The Bertz CT molecular complexity index is 380. The molecule has 0 spiro atoms. The second kappa shape index (κ2) is 3.59. The number of hydrogen-bond donors (Lipinski definition) is 2. The summed E-state index contributed by atoms with van der Waals surface area (Å²) >= 11 is 0. The van der Waals surface area contributed by atoms with Gasteiger partial charge in [-0.1, -0.05) is 0 Å². The van der Waals surface area contributed by atoms with Crippen molar-refractivity contribution in [1.82, 2.24) is 0 Å². The molecule has 4 nitrogen and oxygen atoms in total. The molecule has 0 bridgehead atoms. The molecular formula is C9H8N2O2. The van der Waals surface area contributed by atoms with Crippen molar-refractivity contribution in [1.29, 1.82) is 5.26 Å². The first-order chi connectivity index (χ1) is 6.19. The second-order valence-electron chi connectivity index (χ2n) is 2.43. The van der Waals surface area contributed by atoms with Gasteiger partial charge in [-0.25, -0.2) is 4.79 Å². The van der Waals surface area contributed by atoms with Crippen LogP contribution in [0.1, 0.15) is 15.9 Å². The van der Waals surface area contributed by atoms with E-state index in [2.05, 4.69) is 5.32 Å². The number of carboxylic acids is 1. The Labute approximate surface area is 75.4 Å². The molecule has 2 N–H and O–H groups in total. The Morgan fingerprint density at radius 3 is 2.77 bits per heavy atom. The fourth-order valence-corrected chi connectivity index (χ4v) is 0.988. The van der Waals surface area contributed by atoms with Gasteiger partial charge in [0.15, 0.2) is 0 Å². The smallest absolute Gasteiger partial charge is 0.335 e. The molecule has 0 fully saturated rings. The van der Waals surface area contributed by atoms with Gasteiger partial charge in [-0.3, -0.25) is 0 Å². The van der Waals surface area contributed by atoms with Crippen LogP contribution in [0, 0.1) is 11.3 Å². The first kappa shape index (κ1) is 9.07. The standard InChI is InChI=1S/C9H8N2O2/c1-11-8-3-2-6(9(12)13)4-7(8)5-10/h2-4,11H,1H3,(H,12,13). The number of carbonyl (C=O) groups is 1. The minimum atomic E-state index is -1.03. The molecule has 0 saturated heterocycles. The van der Waals surface area contributed by atoms with Gasteiger partial charge in [-0.2, -0.15) is 5.26 Å². The van der Waals surface area contributed by atoms with E-state index in [1.165, 1.54) is 12.1 Å². The molecule has 1 aromatic carbocycles. The number of nitriles is 1. The molecule has 1 aromatic rings. The minimum Gasteiger partial charge on any atom is -0.478 e. The third-order valence-electron chi connectivity index (χ3n) is 1.66. The number of nitrogens with zero attached hydrogens (tertiary/aromatic N) is 1. The molecule has 0 heterocycles. The lowest BCUT2D eigenvalue weighted by atomic mass is 10.1. The zero-order valence-corrected chi connectivity index (χ0v) is 7.03. The lowest BCUT2D eigenvalue weighted by molar-refractivity contribution is 0.0697. The van der Waals surface area contributed by atoms with Crippen LogP contribution in [0.2, 0.25) is 0 Å². The highest BCUT2D eigenvalue weighted by Gasteiger charge is 2.06. The normalized spacial score (nSPS) is 8.92. The monoisotopic (exact) mass is 176 g/mol. The summed E-state index contributed by atoms with van der Waals surface area (Å²) in [6, 6.07) is 6.28. The molecule has 0 radical (unpaired) electrons. The van der Waals surface area contributed by atoms with Crippen molar-refractivity contribution >= 4 is 11.7 Å². The van der Waals surface area contributed by atoms with E-state index in [4.69, 9.17) is 10.4 Å². The van der Waals surface area contributed by atoms with E-state index in [1.54, 1.807) is 13.1 Å². The summed E-state index contributed by atoms with van der Waals surface area (Å²) in [4.78, 5) is 10.5. The van der Waals surface area contributed by atoms with Crippen molar-refractivity contribution in [3.8, 4) is 6.07 Å². The van der Waals surface area contributed by atoms with E-state index < -0.39 is 5.97 Å². The highest BCUT2D eigenvalue weighted by Crippen LogP contribution is 2.15. The summed E-state index contributed by atoms with van der Waals surface area (Å²) in [6.07, 6.45) is 0. The molecule has 66 valence electrons. The van der Waals surface area contributed by atoms with Crippen molar-refractivity contribution in [2.75, 3.05) is 12.4 Å². The third kappa shape index (κ3) is 1.76. The molecule has 0 aromatic heterocycles. The Balaban J connectivity index is 3.23. The maximum absolute atomic E-state index is 10.5. The van der Waals surface area contributed by atoms with Crippen molar-refractivity contribution in [2.45, 2.75) is 0 Å². The molecule has 0 atom stereocenters. The first-order valence-corrected chi connectivity index (χ1v) is 3.64. The molecule has 13 heavy (non-hydrogen) atoms. The van der Waals surface area contributed by atoms with E-state index in [0.717, 1.165) is 0 Å². The molecule has 0 aliphatic carbocycles. The number of nitrogens with one attached hydrogen (secondary N) is 1. The summed E-state index contributed by atoms with van der Waals surface area (Å²) in [5, 5.41) is 20.1. The summed E-state index contributed by atoms with van der Waals surface area (Å²) in [5.74, 6) is -1.03. The largest absolute Gasteiger partial charge is 0.478 e. The van der Waals surface area contributed by atoms with E-state index in [9.17, 15) is 4.79 Å². The Kier molecular flexibility index (Phi) is 2.50. The van der Waals surface area contributed by atoms with Crippen LogP contribution in [0.15, 0.2) is 18.2 Å². The molecular weight excluding hydrogens is 168 g/mol. The van der Waals surface area contributed by atoms with Crippen LogP contribution >= 0.6 is 0 Å². The van der Waals surface area contributed by atoms with Crippen molar-refractivity contribution in [3.05, 3.63) is 29.3 Å². The van der Waals surface area contributed by atoms with Gasteiger partial charge in [0.05, 0.1) is 16.8 Å². The topological polar surface area (TPSA) is 73.1 Å². The van der Waals surface area contributed by atoms with Crippen LogP contribution < -0.4 is 5.32 Å².